The van der Waals surface area contributed by atoms with Crippen LogP contribution in [-0.4, -0.2) is 52.8 Å². The summed E-state index contributed by atoms with van der Waals surface area (Å²) in [5, 5.41) is 0.434. The van der Waals surface area contributed by atoms with Crippen LogP contribution in [0.5, 0.6) is 5.88 Å². The van der Waals surface area contributed by atoms with Crippen LogP contribution in [0.4, 0.5) is 5.82 Å². The molecule has 0 amide bonds. The summed E-state index contributed by atoms with van der Waals surface area (Å²) >= 11 is 6.40. The lowest BCUT2D eigenvalue weighted by atomic mass is 9.77. The third kappa shape index (κ3) is 3.46. The minimum Gasteiger partial charge on any atom is -0.480 e. The zero-order valence-corrected chi connectivity index (χ0v) is 17.9. The number of methoxy groups -OCH3 is 1. The predicted octanol–water partition coefficient (Wildman–Crippen LogP) is 4.14. The topological polar surface area (TPSA) is 73.3 Å². The Balaban J connectivity index is 1.38. The number of hydrogen-bond donors (Lipinski definition) is 0. The van der Waals surface area contributed by atoms with Gasteiger partial charge >= 0.3 is 0 Å². The van der Waals surface area contributed by atoms with E-state index in [4.69, 9.17) is 26.1 Å². The van der Waals surface area contributed by atoms with Crippen molar-refractivity contribution in [1.82, 2.24) is 19.9 Å². The second kappa shape index (κ2) is 7.63. The maximum absolute atomic E-state index is 6.40. The highest BCUT2D eigenvalue weighted by Crippen LogP contribution is 2.42. The van der Waals surface area contributed by atoms with Crippen molar-refractivity contribution in [3.8, 4) is 17.1 Å². The normalized spacial score (nSPS) is 20.8. The molecule has 156 valence electrons. The zero-order chi connectivity index (χ0) is 20.7. The van der Waals surface area contributed by atoms with Crippen molar-refractivity contribution in [2.24, 2.45) is 5.41 Å². The summed E-state index contributed by atoms with van der Waals surface area (Å²) in [6, 6.07) is 5.66. The first-order valence-corrected chi connectivity index (χ1v) is 10.6. The van der Waals surface area contributed by atoms with Crippen LogP contribution in [-0.2, 0) is 4.74 Å². The summed E-state index contributed by atoms with van der Waals surface area (Å²) in [7, 11) is 1.54. The molecular formula is C22H24ClN5O2. The Morgan fingerprint density at radius 2 is 2.00 bits per heavy atom. The van der Waals surface area contributed by atoms with Crippen LogP contribution < -0.4 is 9.64 Å². The number of hydrogen-bond acceptors (Lipinski definition) is 7. The molecule has 0 saturated carbocycles. The van der Waals surface area contributed by atoms with E-state index in [1.807, 2.05) is 24.4 Å². The molecule has 0 radical (unpaired) electrons. The quantitative estimate of drug-likeness (QED) is 0.624. The average Bonchev–Trinajstić information content (AvgIpc) is 3.13. The third-order valence-corrected chi connectivity index (χ3v) is 6.63. The Bertz CT molecular complexity index is 1080. The van der Waals surface area contributed by atoms with Crippen LogP contribution in [0, 0.1) is 5.41 Å². The fourth-order valence-corrected chi connectivity index (χ4v) is 4.85. The molecule has 1 spiro atoms. The number of piperidine rings is 1. The van der Waals surface area contributed by atoms with Crippen LogP contribution in [0.1, 0.15) is 26.2 Å². The molecule has 8 heteroatoms. The van der Waals surface area contributed by atoms with Gasteiger partial charge in [-0.15, -0.1) is 0 Å². The molecule has 30 heavy (non-hydrogen) atoms. The van der Waals surface area contributed by atoms with E-state index >= 15 is 0 Å². The zero-order valence-electron chi connectivity index (χ0n) is 17.1. The van der Waals surface area contributed by atoms with Crippen molar-refractivity contribution in [2.45, 2.75) is 32.3 Å². The molecule has 2 aliphatic heterocycles. The van der Waals surface area contributed by atoms with Gasteiger partial charge in [-0.3, -0.25) is 0 Å². The van der Waals surface area contributed by atoms with Gasteiger partial charge in [0.2, 0.25) is 5.88 Å². The number of halogens is 1. The third-order valence-electron chi connectivity index (χ3n) is 6.26. The van der Waals surface area contributed by atoms with Crippen LogP contribution in [0.3, 0.4) is 0 Å². The largest absolute Gasteiger partial charge is 0.480 e. The summed E-state index contributed by atoms with van der Waals surface area (Å²) in [6.45, 7) is 5.02. The molecular weight excluding hydrogens is 402 g/mol. The Hall–Kier alpha value is -2.51. The van der Waals surface area contributed by atoms with E-state index in [2.05, 4.69) is 26.8 Å². The number of nitrogens with zero attached hydrogens (tertiary/aromatic N) is 5. The van der Waals surface area contributed by atoms with E-state index in [0.717, 1.165) is 49.4 Å². The predicted molar refractivity (Wildman–Crippen MR) is 116 cm³/mol. The fraction of sp³-hybridized carbons (Fsp3) is 0.455. The highest BCUT2D eigenvalue weighted by molar-refractivity contribution is 6.34. The molecule has 3 aromatic heterocycles. The van der Waals surface area contributed by atoms with E-state index in [0.29, 0.717) is 33.8 Å². The first-order valence-electron chi connectivity index (χ1n) is 10.3. The van der Waals surface area contributed by atoms with Crippen molar-refractivity contribution >= 4 is 28.6 Å². The first-order chi connectivity index (χ1) is 14.6. The van der Waals surface area contributed by atoms with Crippen molar-refractivity contribution in [3.05, 3.63) is 35.6 Å². The lowest BCUT2D eigenvalue weighted by Crippen LogP contribution is -2.41. The molecule has 2 saturated heterocycles. The molecule has 7 nitrogen and oxygen atoms in total. The number of ether oxygens (including phenoxy) is 2. The van der Waals surface area contributed by atoms with Crippen LogP contribution in [0.25, 0.3) is 22.4 Å². The Morgan fingerprint density at radius 1 is 1.17 bits per heavy atom. The highest BCUT2D eigenvalue weighted by Gasteiger charge is 2.41. The molecule has 5 rings (SSSR count). The molecule has 2 aliphatic rings. The molecule has 2 fully saturated rings. The second-order valence-corrected chi connectivity index (χ2v) is 8.64. The van der Waals surface area contributed by atoms with Gasteiger partial charge in [0.25, 0.3) is 0 Å². The molecule has 0 N–H and O–H groups in total. The number of rotatable bonds is 3. The summed E-state index contributed by atoms with van der Waals surface area (Å²) in [5.74, 6) is 1.28. The van der Waals surface area contributed by atoms with Gasteiger partial charge in [-0.25, -0.2) is 19.9 Å². The van der Waals surface area contributed by atoms with Gasteiger partial charge < -0.3 is 14.4 Å². The summed E-state index contributed by atoms with van der Waals surface area (Å²) in [4.78, 5) is 20.5. The lowest BCUT2D eigenvalue weighted by molar-refractivity contribution is 0.0976. The Labute approximate surface area is 180 Å². The van der Waals surface area contributed by atoms with Crippen LogP contribution >= 0.6 is 11.6 Å². The molecule has 0 aromatic carbocycles. The van der Waals surface area contributed by atoms with Gasteiger partial charge in [-0.2, -0.15) is 0 Å². The van der Waals surface area contributed by atoms with Crippen LogP contribution in [0.15, 0.2) is 30.6 Å². The number of fused-ring (bicyclic) bond motifs is 1. The number of anilines is 1. The van der Waals surface area contributed by atoms with Gasteiger partial charge in [-0.1, -0.05) is 11.6 Å². The molecule has 1 unspecified atom stereocenters. The molecule has 5 heterocycles. The van der Waals surface area contributed by atoms with Crippen LogP contribution in [0.2, 0.25) is 5.02 Å². The van der Waals surface area contributed by atoms with Gasteiger partial charge in [0, 0.05) is 24.8 Å². The smallest absolute Gasteiger partial charge is 0.232 e. The van der Waals surface area contributed by atoms with E-state index in [1.54, 1.807) is 13.3 Å². The Morgan fingerprint density at radius 3 is 2.73 bits per heavy atom. The standard InChI is InChI=1S/C22H24ClN5O2/c1-14-11-22(13-30-14)6-9-28(10-7-22)18-12-25-20-17(26-18)4-3-16(27-20)15-5-8-24-21(29-2)19(15)23/h3-5,8,12,14H,6-7,9-11,13H2,1-2H3. The molecule has 3 aromatic rings. The summed E-state index contributed by atoms with van der Waals surface area (Å²) < 4.78 is 11.0. The molecule has 0 aliphatic carbocycles. The van der Waals surface area contributed by atoms with Gasteiger partial charge in [-0.05, 0) is 49.8 Å². The van der Waals surface area contributed by atoms with Crippen molar-refractivity contribution in [2.75, 3.05) is 31.7 Å². The monoisotopic (exact) mass is 425 g/mol. The van der Waals surface area contributed by atoms with Crippen molar-refractivity contribution in [1.29, 1.82) is 0 Å². The lowest BCUT2D eigenvalue weighted by Gasteiger charge is -2.38. The number of aromatic nitrogens is 4. The maximum atomic E-state index is 6.40. The molecule has 1 atom stereocenters. The van der Waals surface area contributed by atoms with Crippen molar-refractivity contribution in [3.63, 3.8) is 0 Å². The Kier molecular flexibility index (Phi) is 4.95. The van der Waals surface area contributed by atoms with Gasteiger partial charge in [0.05, 0.1) is 31.7 Å². The van der Waals surface area contributed by atoms with Gasteiger partial charge in [0.1, 0.15) is 16.4 Å². The second-order valence-electron chi connectivity index (χ2n) is 8.26. The minimum absolute atomic E-state index is 0.349. The SMILES string of the molecule is COc1nccc(-c2ccc3nc(N4CCC5(CC4)COC(C)C5)cnc3n2)c1Cl. The maximum Gasteiger partial charge on any atom is 0.232 e. The summed E-state index contributed by atoms with van der Waals surface area (Å²) in [5.41, 5.74) is 3.18. The van der Waals surface area contributed by atoms with Gasteiger partial charge in [0.15, 0.2) is 5.65 Å². The van der Waals surface area contributed by atoms with E-state index < -0.39 is 0 Å². The van der Waals surface area contributed by atoms with Crippen molar-refractivity contribution < 1.29 is 9.47 Å². The fourth-order valence-electron chi connectivity index (χ4n) is 4.57. The summed E-state index contributed by atoms with van der Waals surface area (Å²) in [6.07, 6.45) is 7.29. The first kappa shape index (κ1) is 19.5. The highest BCUT2D eigenvalue weighted by atomic mass is 35.5. The average molecular weight is 426 g/mol. The molecule has 0 bridgehead atoms. The van der Waals surface area contributed by atoms with E-state index in [1.165, 1.54) is 6.42 Å². The number of pyridine rings is 2. The van der Waals surface area contributed by atoms with E-state index in [9.17, 15) is 0 Å². The minimum atomic E-state index is 0.349. The van der Waals surface area contributed by atoms with E-state index in [-0.39, 0.29) is 0 Å².